The average molecular weight is 534 g/mol. The van der Waals surface area contributed by atoms with E-state index in [1.54, 1.807) is 12.1 Å². The SMILES string of the molecule is COC(=O)N1C(=O)[C@@H]2[C@@H](CC(C(C)C)=C([C@H](O)CC/C(=C/c3ccccc3O)c3ccccc3)[C@@H]2CO)C1=O. The molecule has 0 spiro atoms. The minimum atomic E-state index is -1.04. The fraction of sp³-hybridized carbons (Fsp3) is 0.387. The number of para-hydroxylation sites is 1. The molecule has 0 saturated carbocycles. The summed E-state index contributed by atoms with van der Waals surface area (Å²) in [6, 6.07) is 16.7. The number of aromatic hydroxyl groups is 1. The van der Waals surface area contributed by atoms with Crippen molar-refractivity contribution in [1.82, 2.24) is 4.90 Å². The van der Waals surface area contributed by atoms with Gasteiger partial charge in [0.1, 0.15) is 5.75 Å². The van der Waals surface area contributed by atoms with E-state index in [2.05, 4.69) is 4.74 Å². The van der Waals surface area contributed by atoms with E-state index in [1.807, 2.05) is 62.4 Å². The summed E-state index contributed by atoms with van der Waals surface area (Å²) in [4.78, 5) is 39.0. The van der Waals surface area contributed by atoms with Crippen LogP contribution in [0.5, 0.6) is 5.75 Å². The molecule has 1 heterocycles. The number of aliphatic hydroxyl groups is 2. The molecule has 0 bridgehead atoms. The number of carbonyl (C=O) groups excluding carboxylic acids is 3. The molecule has 8 nitrogen and oxygen atoms in total. The number of ether oxygens (including phenoxy) is 1. The molecular weight excluding hydrogens is 498 g/mol. The Morgan fingerprint density at radius 1 is 1.08 bits per heavy atom. The quantitative estimate of drug-likeness (QED) is 0.261. The lowest BCUT2D eigenvalue weighted by Crippen LogP contribution is -2.40. The van der Waals surface area contributed by atoms with Crippen LogP contribution < -0.4 is 0 Å². The number of carbonyl (C=O) groups is 3. The molecule has 3 amide bonds. The third kappa shape index (κ3) is 5.53. The largest absolute Gasteiger partial charge is 0.507 e. The number of hydrogen-bond donors (Lipinski definition) is 3. The van der Waals surface area contributed by atoms with Crippen molar-refractivity contribution in [2.24, 2.45) is 23.7 Å². The molecule has 4 atom stereocenters. The molecule has 2 aliphatic rings. The van der Waals surface area contributed by atoms with Crippen molar-refractivity contribution in [3.05, 3.63) is 76.9 Å². The van der Waals surface area contributed by atoms with Gasteiger partial charge in [0, 0.05) is 11.5 Å². The van der Waals surface area contributed by atoms with E-state index in [0.717, 1.165) is 23.8 Å². The number of fused-ring (bicyclic) bond motifs is 1. The fourth-order valence-electron chi connectivity index (χ4n) is 5.91. The Morgan fingerprint density at radius 2 is 1.74 bits per heavy atom. The molecule has 1 aliphatic carbocycles. The summed E-state index contributed by atoms with van der Waals surface area (Å²) < 4.78 is 4.66. The van der Waals surface area contributed by atoms with E-state index in [-0.39, 0.29) is 24.5 Å². The van der Waals surface area contributed by atoms with Gasteiger partial charge >= 0.3 is 6.09 Å². The van der Waals surface area contributed by atoms with Gasteiger partial charge in [-0.1, -0.05) is 68.0 Å². The van der Waals surface area contributed by atoms with Gasteiger partial charge in [0.2, 0.25) is 11.8 Å². The highest BCUT2D eigenvalue weighted by Gasteiger charge is 2.57. The summed E-state index contributed by atoms with van der Waals surface area (Å²) in [5.41, 5.74) is 3.89. The van der Waals surface area contributed by atoms with Crippen molar-refractivity contribution in [1.29, 1.82) is 0 Å². The summed E-state index contributed by atoms with van der Waals surface area (Å²) in [5, 5.41) is 32.3. The zero-order chi connectivity index (χ0) is 28.3. The maximum atomic E-state index is 13.2. The molecule has 206 valence electrons. The Labute approximate surface area is 228 Å². The van der Waals surface area contributed by atoms with Crippen LogP contribution in [0.3, 0.4) is 0 Å². The Balaban J connectivity index is 1.67. The van der Waals surface area contributed by atoms with Crippen LogP contribution in [-0.4, -0.2) is 57.9 Å². The number of allylic oxidation sites excluding steroid dienone is 2. The number of phenolic OH excluding ortho intramolecular Hbond substituents is 1. The lowest BCUT2D eigenvalue weighted by Gasteiger charge is -2.38. The number of rotatable bonds is 8. The average Bonchev–Trinajstić information content (AvgIpc) is 3.19. The monoisotopic (exact) mass is 533 g/mol. The molecule has 8 heteroatoms. The van der Waals surface area contributed by atoms with E-state index in [9.17, 15) is 29.7 Å². The van der Waals surface area contributed by atoms with Gasteiger partial charge in [0.05, 0.1) is 31.7 Å². The normalized spacial score (nSPS) is 22.4. The number of imide groups is 3. The van der Waals surface area contributed by atoms with Crippen molar-refractivity contribution in [3.63, 3.8) is 0 Å². The molecule has 0 aromatic heterocycles. The predicted molar refractivity (Wildman–Crippen MR) is 146 cm³/mol. The van der Waals surface area contributed by atoms with Gasteiger partial charge in [-0.25, -0.2) is 4.79 Å². The number of likely N-dealkylation sites (tertiary alicyclic amines) is 1. The molecule has 2 aromatic rings. The highest BCUT2D eigenvalue weighted by atomic mass is 16.5. The zero-order valence-electron chi connectivity index (χ0n) is 22.4. The summed E-state index contributed by atoms with van der Waals surface area (Å²) in [7, 11) is 1.11. The summed E-state index contributed by atoms with van der Waals surface area (Å²) in [6.45, 7) is 3.45. The number of methoxy groups -OCH3 is 1. The lowest BCUT2D eigenvalue weighted by molar-refractivity contribution is -0.137. The topological polar surface area (TPSA) is 124 Å². The second kappa shape index (κ2) is 12.0. The highest BCUT2D eigenvalue weighted by Crippen LogP contribution is 2.48. The molecular formula is C31H35NO7. The second-order valence-electron chi connectivity index (χ2n) is 10.4. The van der Waals surface area contributed by atoms with Crippen LogP contribution in [0.25, 0.3) is 11.6 Å². The molecule has 0 unspecified atom stereocenters. The summed E-state index contributed by atoms with van der Waals surface area (Å²) in [6.07, 6.45) is 0.822. The van der Waals surface area contributed by atoms with Gasteiger partial charge in [-0.2, -0.15) is 4.90 Å². The first-order chi connectivity index (χ1) is 18.7. The molecule has 39 heavy (non-hydrogen) atoms. The van der Waals surface area contributed by atoms with Gasteiger partial charge in [-0.15, -0.1) is 0 Å². The van der Waals surface area contributed by atoms with E-state index in [0.29, 0.717) is 22.5 Å². The van der Waals surface area contributed by atoms with E-state index < -0.39 is 48.4 Å². The maximum absolute atomic E-state index is 13.2. The van der Waals surface area contributed by atoms with Crippen LogP contribution in [0, 0.1) is 23.7 Å². The first kappa shape index (κ1) is 28.3. The van der Waals surface area contributed by atoms with Gasteiger partial charge in [0.25, 0.3) is 0 Å². The van der Waals surface area contributed by atoms with Gasteiger partial charge in [0.15, 0.2) is 0 Å². The Bertz CT molecular complexity index is 1300. The van der Waals surface area contributed by atoms with E-state index >= 15 is 0 Å². The number of amides is 3. The third-order valence-corrected chi connectivity index (χ3v) is 7.83. The van der Waals surface area contributed by atoms with Crippen molar-refractivity contribution < 1.29 is 34.4 Å². The molecule has 3 N–H and O–H groups in total. The Hall–Kier alpha value is -3.75. The summed E-state index contributed by atoms with van der Waals surface area (Å²) in [5.74, 6) is -3.77. The minimum Gasteiger partial charge on any atom is -0.507 e. The van der Waals surface area contributed by atoms with Crippen LogP contribution in [-0.2, 0) is 14.3 Å². The van der Waals surface area contributed by atoms with Gasteiger partial charge < -0.3 is 20.1 Å². The number of nitrogens with zero attached hydrogens (tertiary/aromatic N) is 1. The number of phenols is 1. The van der Waals surface area contributed by atoms with Crippen molar-refractivity contribution in [2.45, 2.75) is 39.2 Å². The molecule has 1 fully saturated rings. The van der Waals surface area contributed by atoms with Crippen LogP contribution in [0.4, 0.5) is 4.79 Å². The predicted octanol–water partition coefficient (Wildman–Crippen LogP) is 4.41. The molecule has 0 radical (unpaired) electrons. The highest BCUT2D eigenvalue weighted by molar-refractivity contribution is 6.16. The second-order valence-corrected chi connectivity index (χ2v) is 10.4. The summed E-state index contributed by atoms with van der Waals surface area (Å²) >= 11 is 0. The smallest absolute Gasteiger partial charge is 0.423 e. The first-order valence-electron chi connectivity index (χ1n) is 13.2. The molecule has 1 aliphatic heterocycles. The van der Waals surface area contributed by atoms with Crippen LogP contribution >= 0.6 is 0 Å². The maximum Gasteiger partial charge on any atom is 0.423 e. The fourth-order valence-corrected chi connectivity index (χ4v) is 5.91. The number of hydrogen-bond acceptors (Lipinski definition) is 7. The van der Waals surface area contributed by atoms with E-state index in [4.69, 9.17) is 0 Å². The first-order valence-corrected chi connectivity index (χ1v) is 13.2. The van der Waals surface area contributed by atoms with Crippen LogP contribution in [0.15, 0.2) is 65.7 Å². The standard InChI is InChI=1S/C31H35NO7/c1-18(2)22-16-23-28(30(37)32(29(23)36)31(38)39-3)24(17-33)27(22)26(35)14-13-20(19-9-5-4-6-10-19)15-21-11-7-8-12-25(21)34/h4-12,15,18,23-24,26,28,33-35H,13-14,16-17H2,1-3H3/b20-15-/t23-,24+,26-,28-/m1/s1. The van der Waals surface area contributed by atoms with Crippen molar-refractivity contribution >= 4 is 29.6 Å². The Morgan fingerprint density at radius 3 is 2.36 bits per heavy atom. The lowest BCUT2D eigenvalue weighted by atomic mass is 9.66. The van der Waals surface area contributed by atoms with Gasteiger partial charge in [-0.05, 0) is 54.0 Å². The zero-order valence-corrected chi connectivity index (χ0v) is 22.4. The van der Waals surface area contributed by atoms with Crippen molar-refractivity contribution in [3.8, 4) is 5.75 Å². The number of benzene rings is 2. The molecule has 1 saturated heterocycles. The van der Waals surface area contributed by atoms with Gasteiger partial charge in [-0.3, -0.25) is 9.59 Å². The third-order valence-electron chi connectivity index (χ3n) is 7.83. The number of aliphatic hydroxyl groups excluding tert-OH is 2. The molecule has 2 aromatic carbocycles. The molecule has 4 rings (SSSR count). The van der Waals surface area contributed by atoms with E-state index in [1.165, 1.54) is 0 Å². The van der Waals surface area contributed by atoms with Crippen LogP contribution in [0.2, 0.25) is 0 Å². The Kier molecular flexibility index (Phi) is 8.67. The van der Waals surface area contributed by atoms with Crippen molar-refractivity contribution in [2.75, 3.05) is 13.7 Å². The minimum absolute atomic E-state index is 0.0508. The van der Waals surface area contributed by atoms with Crippen LogP contribution in [0.1, 0.15) is 44.2 Å².